The summed E-state index contributed by atoms with van der Waals surface area (Å²) < 4.78 is 31.9. The van der Waals surface area contributed by atoms with E-state index in [1.807, 2.05) is 6.07 Å². The van der Waals surface area contributed by atoms with Gasteiger partial charge in [0.15, 0.2) is 0 Å². The van der Waals surface area contributed by atoms with E-state index >= 15 is 0 Å². The summed E-state index contributed by atoms with van der Waals surface area (Å²) in [6, 6.07) is 7.93. The molecule has 0 radical (unpaired) electrons. The number of hydrogen-bond donors (Lipinski definition) is 2. The Morgan fingerprint density at radius 2 is 1.86 bits per heavy atom. The number of carbonyl (C=O) groups excluding carboxylic acids is 2. The number of nitrogens with zero attached hydrogens (tertiary/aromatic N) is 1. The lowest BCUT2D eigenvalue weighted by Crippen LogP contribution is -2.36. The normalized spacial score (nSPS) is 13.8. The van der Waals surface area contributed by atoms with Crippen molar-refractivity contribution < 1.29 is 23.1 Å². The number of nitrogens with one attached hydrogen (secondary N) is 2. The van der Waals surface area contributed by atoms with Crippen LogP contribution in [-0.2, 0) is 9.53 Å². The maximum Gasteiger partial charge on any atom is 0.254 e. The van der Waals surface area contributed by atoms with Crippen LogP contribution in [0.5, 0.6) is 0 Å². The zero-order valence-corrected chi connectivity index (χ0v) is 16.3. The summed E-state index contributed by atoms with van der Waals surface area (Å²) in [5, 5.41) is 5.73. The summed E-state index contributed by atoms with van der Waals surface area (Å²) in [6.07, 6.45) is -0.0242. The predicted octanol–water partition coefficient (Wildman–Crippen LogP) is 3.21. The fourth-order valence-corrected chi connectivity index (χ4v) is 3.13. The van der Waals surface area contributed by atoms with E-state index in [9.17, 15) is 18.4 Å². The molecule has 6 nitrogen and oxygen atoms in total. The average Bonchev–Trinajstić information content (AvgIpc) is 2.68. The van der Waals surface area contributed by atoms with Crippen LogP contribution in [0.15, 0.2) is 36.4 Å². The van der Waals surface area contributed by atoms with Crippen molar-refractivity contribution in [3.63, 3.8) is 0 Å². The summed E-state index contributed by atoms with van der Waals surface area (Å²) in [6.45, 7) is 2.59. The van der Waals surface area contributed by atoms with Gasteiger partial charge < -0.3 is 20.3 Å². The minimum absolute atomic E-state index is 0.00502. The molecule has 1 heterocycles. The molecule has 0 spiro atoms. The van der Waals surface area contributed by atoms with E-state index < -0.39 is 17.5 Å². The Balaban J connectivity index is 1.56. The number of amides is 2. The molecule has 1 aliphatic heterocycles. The highest BCUT2D eigenvalue weighted by Crippen LogP contribution is 2.30. The van der Waals surface area contributed by atoms with Gasteiger partial charge >= 0.3 is 0 Å². The Labute approximate surface area is 171 Å². The Morgan fingerprint density at radius 3 is 2.59 bits per heavy atom. The van der Waals surface area contributed by atoms with E-state index in [0.29, 0.717) is 43.1 Å². The predicted molar refractivity (Wildman–Crippen MR) is 106 cm³/mol. The number of hydrogen-bond acceptors (Lipinski definition) is 4. The Kier molecular flexibility index (Phi) is 7.00. The van der Waals surface area contributed by atoms with Crippen LogP contribution in [0.1, 0.15) is 16.8 Å². The smallest absolute Gasteiger partial charge is 0.254 e. The van der Waals surface area contributed by atoms with Gasteiger partial charge in [-0.2, -0.15) is 0 Å². The minimum Gasteiger partial charge on any atom is -0.378 e. The molecular weight excluding hydrogens is 404 g/mol. The van der Waals surface area contributed by atoms with Crippen molar-refractivity contribution in [2.75, 3.05) is 43.1 Å². The number of rotatable bonds is 6. The van der Waals surface area contributed by atoms with Gasteiger partial charge in [0.05, 0.1) is 30.2 Å². The van der Waals surface area contributed by atoms with Gasteiger partial charge in [-0.25, -0.2) is 8.78 Å². The van der Waals surface area contributed by atoms with Crippen molar-refractivity contribution in [2.45, 2.75) is 6.42 Å². The third kappa shape index (κ3) is 5.65. The molecule has 1 aliphatic rings. The number of halogens is 3. The average molecular weight is 424 g/mol. The molecule has 29 heavy (non-hydrogen) atoms. The molecule has 154 valence electrons. The van der Waals surface area contributed by atoms with Crippen molar-refractivity contribution >= 4 is 34.8 Å². The first-order chi connectivity index (χ1) is 13.9. The van der Waals surface area contributed by atoms with Crippen LogP contribution < -0.4 is 15.5 Å². The Bertz CT molecular complexity index is 905. The standard InChI is InChI=1S/C20H20ClF2N3O3/c21-13-1-4-18(26-7-9-29-10-8-26)17(11-13)25-19(27)5-6-24-20(28)15-3-2-14(22)12-16(15)23/h1-4,11-12H,5-10H2,(H,24,28)(H,25,27). The number of carbonyl (C=O) groups is 2. The van der Waals surface area contributed by atoms with Crippen molar-refractivity contribution in [1.29, 1.82) is 0 Å². The van der Waals surface area contributed by atoms with Crippen LogP contribution in [0, 0.1) is 11.6 Å². The van der Waals surface area contributed by atoms with Gasteiger partial charge in [-0.05, 0) is 30.3 Å². The van der Waals surface area contributed by atoms with Crippen LogP contribution in [0.4, 0.5) is 20.2 Å². The summed E-state index contributed by atoms with van der Waals surface area (Å²) in [5.41, 5.74) is 1.13. The summed E-state index contributed by atoms with van der Waals surface area (Å²) >= 11 is 6.07. The van der Waals surface area contributed by atoms with Crippen molar-refractivity contribution in [3.05, 3.63) is 58.6 Å². The minimum atomic E-state index is -0.957. The highest BCUT2D eigenvalue weighted by molar-refractivity contribution is 6.31. The maximum absolute atomic E-state index is 13.6. The highest BCUT2D eigenvalue weighted by atomic mass is 35.5. The zero-order valence-electron chi connectivity index (χ0n) is 15.5. The first-order valence-electron chi connectivity index (χ1n) is 9.09. The van der Waals surface area contributed by atoms with E-state index in [1.54, 1.807) is 12.1 Å². The van der Waals surface area contributed by atoms with Crippen molar-refractivity contribution in [1.82, 2.24) is 5.32 Å². The molecule has 0 saturated carbocycles. The molecule has 0 aromatic heterocycles. The van der Waals surface area contributed by atoms with E-state index in [0.717, 1.165) is 17.8 Å². The highest BCUT2D eigenvalue weighted by Gasteiger charge is 2.17. The van der Waals surface area contributed by atoms with E-state index in [2.05, 4.69) is 15.5 Å². The Hall–Kier alpha value is -2.71. The third-order valence-corrected chi connectivity index (χ3v) is 4.63. The molecular formula is C20H20ClF2N3O3. The molecule has 0 aliphatic carbocycles. The SMILES string of the molecule is O=C(CCNC(=O)c1ccc(F)cc1F)Nc1cc(Cl)ccc1N1CCOCC1. The van der Waals surface area contributed by atoms with Gasteiger partial charge in [0.1, 0.15) is 11.6 Å². The molecule has 0 atom stereocenters. The van der Waals surface area contributed by atoms with Crippen molar-refractivity contribution in [2.24, 2.45) is 0 Å². The quantitative estimate of drug-likeness (QED) is 0.748. The van der Waals surface area contributed by atoms with E-state index in [1.165, 1.54) is 0 Å². The van der Waals surface area contributed by atoms with Crippen LogP contribution in [0.3, 0.4) is 0 Å². The summed E-state index contributed by atoms with van der Waals surface area (Å²) in [4.78, 5) is 26.4. The van der Waals surface area contributed by atoms with Crippen LogP contribution in [0.25, 0.3) is 0 Å². The largest absolute Gasteiger partial charge is 0.378 e. The third-order valence-electron chi connectivity index (χ3n) is 4.40. The molecule has 1 fully saturated rings. The lowest BCUT2D eigenvalue weighted by atomic mass is 10.2. The van der Waals surface area contributed by atoms with Crippen LogP contribution in [0.2, 0.25) is 5.02 Å². The second-order valence-corrected chi connectivity index (χ2v) is 6.88. The lowest BCUT2D eigenvalue weighted by Gasteiger charge is -2.30. The zero-order chi connectivity index (χ0) is 20.8. The van der Waals surface area contributed by atoms with Gasteiger partial charge in [0, 0.05) is 37.1 Å². The second kappa shape index (κ2) is 9.67. The summed E-state index contributed by atoms with van der Waals surface area (Å²) in [7, 11) is 0. The fourth-order valence-electron chi connectivity index (χ4n) is 2.96. The van der Waals surface area contributed by atoms with Gasteiger partial charge in [-0.3, -0.25) is 9.59 Å². The number of morpholine rings is 1. The first-order valence-corrected chi connectivity index (χ1v) is 9.47. The monoisotopic (exact) mass is 423 g/mol. The van der Waals surface area contributed by atoms with Crippen LogP contribution >= 0.6 is 11.6 Å². The van der Waals surface area contributed by atoms with Gasteiger partial charge in [-0.15, -0.1) is 0 Å². The lowest BCUT2D eigenvalue weighted by molar-refractivity contribution is -0.116. The van der Waals surface area contributed by atoms with Gasteiger partial charge in [-0.1, -0.05) is 11.6 Å². The van der Waals surface area contributed by atoms with Crippen molar-refractivity contribution in [3.8, 4) is 0 Å². The first kappa shape index (κ1) is 21.0. The van der Waals surface area contributed by atoms with Gasteiger partial charge in [0.25, 0.3) is 5.91 Å². The van der Waals surface area contributed by atoms with Gasteiger partial charge in [0.2, 0.25) is 5.91 Å². The molecule has 0 bridgehead atoms. The molecule has 3 rings (SSSR count). The van der Waals surface area contributed by atoms with E-state index in [-0.39, 0.29) is 24.4 Å². The molecule has 0 unspecified atom stereocenters. The molecule has 9 heteroatoms. The van der Waals surface area contributed by atoms with E-state index in [4.69, 9.17) is 16.3 Å². The molecule has 2 aromatic rings. The topological polar surface area (TPSA) is 70.7 Å². The number of anilines is 2. The molecule has 2 N–H and O–H groups in total. The Morgan fingerprint density at radius 1 is 1.10 bits per heavy atom. The fraction of sp³-hybridized carbons (Fsp3) is 0.300. The van der Waals surface area contributed by atoms with Crippen LogP contribution in [-0.4, -0.2) is 44.7 Å². The maximum atomic E-state index is 13.6. The molecule has 2 aromatic carbocycles. The second-order valence-electron chi connectivity index (χ2n) is 6.44. The molecule has 2 amide bonds. The summed E-state index contributed by atoms with van der Waals surface area (Å²) in [5.74, 6) is -2.77. The number of benzene rings is 2. The number of ether oxygens (including phenoxy) is 1. The molecule has 1 saturated heterocycles.